The van der Waals surface area contributed by atoms with Crippen LogP contribution < -0.4 is 14.4 Å². The molecule has 0 saturated heterocycles. The highest BCUT2D eigenvalue weighted by Crippen LogP contribution is 2.28. The summed E-state index contributed by atoms with van der Waals surface area (Å²) >= 11 is 9.61. The average Bonchev–Trinajstić information content (AvgIpc) is 2.93. The number of nitrogens with zero attached hydrogens (tertiary/aromatic N) is 2. The van der Waals surface area contributed by atoms with E-state index >= 15 is 0 Å². The Morgan fingerprint density at radius 1 is 1.00 bits per heavy atom. The van der Waals surface area contributed by atoms with Gasteiger partial charge in [-0.15, -0.1) is 0 Å². The van der Waals surface area contributed by atoms with Gasteiger partial charge >= 0.3 is 0 Å². The molecular formula is C29H33BrClN3O5S. The van der Waals surface area contributed by atoms with Crippen molar-refractivity contribution in [2.75, 3.05) is 24.5 Å². The van der Waals surface area contributed by atoms with Crippen molar-refractivity contribution in [1.29, 1.82) is 0 Å². The molecule has 0 bridgehead atoms. The Bertz CT molecular complexity index is 1420. The number of anilines is 1. The van der Waals surface area contributed by atoms with E-state index < -0.39 is 28.5 Å². The zero-order valence-corrected chi connectivity index (χ0v) is 26.0. The molecule has 0 saturated carbocycles. The first-order valence-corrected chi connectivity index (χ1v) is 15.3. The molecule has 0 heterocycles. The number of nitrogens with one attached hydrogen (secondary N) is 1. The van der Waals surface area contributed by atoms with E-state index in [4.69, 9.17) is 16.3 Å². The van der Waals surface area contributed by atoms with Crippen molar-refractivity contribution >= 4 is 55.1 Å². The number of hydrogen-bond donors (Lipinski definition) is 1. The normalized spacial score (nSPS) is 12.1. The average molecular weight is 651 g/mol. The van der Waals surface area contributed by atoms with Crippen LogP contribution in [0, 0.1) is 5.92 Å². The van der Waals surface area contributed by atoms with Crippen molar-refractivity contribution in [2.24, 2.45) is 5.92 Å². The molecule has 0 aliphatic rings. The van der Waals surface area contributed by atoms with Crippen LogP contribution in [-0.2, 0) is 26.2 Å². The number of carbonyl (C=O) groups is 2. The summed E-state index contributed by atoms with van der Waals surface area (Å²) in [6.45, 7) is 5.59. The summed E-state index contributed by atoms with van der Waals surface area (Å²) in [5.74, 6) is -0.162. The molecule has 0 aromatic heterocycles. The zero-order chi connectivity index (χ0) is 29.4. The van der Waals surface area contributed by atoms with E-state index in [1.54, 1.807) is 25.1 Å². The highest BCUT2D eigenvalue weighted by Gasteiger charge is 2.32. The third kappa shape index (κ3) is 8.22. The highest BCUT2D eigenvalue weighted by molar-refractivity contribution is 9.10. The van der Waals surface area contributed by atoms with Crippen molar-refractivity contribution < 1.29 is 22.7 Å². The van der Waals surface area contributed by atoms with Gasteiger partial charge in [-0.2, -0.15) is 0 Å². The molecule has 3 aromatic carbocycles. The Labute approximate surface area is 249 Å². The molecule has 3 rings (SSSR count). The summed E-state index contributed by atoms with van der Waals surface area (Å²) in [4.78, 5) is 28.3. The summed E-state index contributed by atoms with van der Waals surface area (Å²) in [6, 6.07) is 18.7. The second-order valence-electron chi connectivity index (χ2n) is 9.63. The number of benzene rings is 3. The third-order valence-corrected chi connectivity index (χ3v) is 8.69. The maximum absolute atomic E-state index is 13.9. The predicted octanol–water partition coefficient (Wildman–Crippen LogP) is 5.50. The Kier molecular flexibility index (Phi) is 11.0. The largest absolute Gasteiger partial charge is 0.497 e. The SMILES string of the molecule is COc1ccc(S(=O)(=O)N(CC(=O)N(Cc2ccc(Br)cc2)C(C)C(=O)NCC(C)C)c2cccc(Cl)c2)cc1. The van der Waals surface area contributed by atoms with Crippen LogP contribution in [0.15, 0.2) is 82.2 Å². The molecule has 0 aliphatic carbocycles. The van der Waals surface area contributed by atoms with Crippen LogP contribution in [0.4, 0.5) is 5.69 Å². The number of methoxy groups -OCH3 is 1. The minimum atomic E-state index is -4.21. The van der Waals surface area contributed by atoms with Crippen molar-refractivity contribution in [2.45, 2.75) is 38.3 Å². The molecule has 0 fully saturated rings. The highest BCUT2D eigenvalue weighted by atomic mass is 79.9. The number of rotatable bonds is 12. The van der Waals surface area contributed by atoms with E-state index in [-0.39, 0.29) is 29.0 Å². The number of amides is 2. The van der Waals surface area contributed by atoms with E-state index in [9.17, 15) is 18.0 Å². The zero-order valence-electron chi connectivity index (χ0n) is 22.8. The lowest BCUT2D eigenvalue weighted by Gasteiger charge is -2.32. The van der Waals surface area contributed by atoms with Gasteiger partial charge in [0.2, 0.25) is 11.8 Å². The molecule has 214 valence electrons. The number of hydrogen-bond acceptors (Lipinski definition) is 5. The second kappa shape index (κ2) is 14.0. The van der Waals surface area contributed by atoms with Crippen LogP contribution >= 0.6 is 27.5 Å². The summed E-state index contributed by atoms with van der Waals surface area (Å²) in [5.41, 5.74) is 1.00. The lowest BCUT2D eigenvalue weighted by molar-refractivity contribution is -0.139. The Hall–Kier alpha value is -3.08. The van der Waals surface area contributed by atoms with Crippen molar-refractivity contribution in [3.63, 3.8) is 0 Å². The number of sulfonamides is 1. The minimum Gasteiger partial charge on any atom is -0.497 e. The van der Waals surface area contributed by atoms with Crippen LogP contribution in [-0.4, -0.2) is 51.4 Å². The molecule has 0 spiro atoms. The quantitative estimate of drug-likeness (QED) is 0.280. The Morgan fingerprint density at radius 3 is 2.23 bits per heavy atom. The van der Waals surface area contributed by atoms with Crippen LogP contribution in [0.25, 0.3) is 0 Å². The summed E-state index contributed by atoms with van der Waals surface area (Å²) in [5, 5.41) is 3.18. The van der Waals surface area contributed by atoms with Crippen molar-refractivity contribution in [1.82, 2.24) is 10.2 Å². The first-order chi connectivity index (χ1) is 18.9. The van der Waals surface area contributed by atoms with Gasteiger partial charge < -0.3 is 15.0 Å². The maximum atomic E-state index is 13.9. The molecule has 0 radical (unpaired) electrons. The predicted molar refractivity (Wildman–Crippen MR) is 161 cm³/mol. The van der Waals surface area contributed by atoms with Gasteiger partial charge in [0.1, 0.15) is 18.3 Å². The fourth-order valence-corrected chi connectivity index (χ4v) is 5.71. The molecule has 1 N–H and O–H groups in total. The lowest BCUT2D eigenvalue weighted by Crippen LogP contribution is -2.51. The van der Waals surface area contributed by atoms with Crippen molar-refractivity contribution in [3.05, 3.63) is 87.9 Å². The molecule has 3 aromatic rings. The monoisotopic (exact) mass is 649 g/mol. The van der Waals surface area contributed by atoms with Crippen molar-refractivity contribution in [3.8, 4) is 5.75 Å². The third-order valence-electron chi connectivity index (χ3n) is 6.14. The standard InChI is InChI=1S/C29H33BrClN3O5S/c1-20(2)17-32-29(36)21(3)33(18-22-8-10-23(30)11-9-22)28(35)19-34(25-7-5-6-24(31)16-25)40(37,38)27-14-12-26(39-4)13-15-27/h5-16,20-21H,17-19H2,1-4H3,(H,32,36). The van der Waals surface area contributed by atoms with E-state index in [0.717, 1.165) is 14.3 Å². The minimum absolute atomic E-state index is 0.0248. The van der Waals surface area contributed by atoms with Crippen LogP contribution in [0.2, 0.25) is 5.02 Å². The van der Waals surface area contributed by atoms with Crippen LogP contribution in [0.3, 0.4) is 0 Å². The van der Waals surface area contributed by atoms with Crippen LogP contribution in [0.1, 0.15) is 26.3 Å². The Balaban J connectivity index is 2.01. The van der Waals surface area contributed by atoms with E-state index in [1.165, 1.54) is 42.3 Å². The summed E-state index contributed by atoms with van der Waals surface area (Å²) in [7, 11) is -2.72. The van der Waals surface area contributed by atoms with E-state index in [0.29, 0.717) is 17.3 Å². The molecule has 0 aliphatic heterocycles. The first-order valence-electron chi connectivity index (χ1n) is 12.7. The fourth-order valence-electron chi connectivity index (χ4n) is 3.86. The van der Waals surface area contributed by atoms with Gasteiger partial charge in [0, 0.05) is 22.6 Å². The molecular weight excluding hydrogens is 618 g/mol. The number of ether oxygens (including phenoxy) is 1. The smallest absolute Gasteiger partial charge is 0.264 e. The topological polar surface area (TPSA) is 96.0 Å². The van der Waals surface area contributed by atoms with Gasteiger partial charge in [-0.25, -0.2) is 8.42 Å². The number of halogens is 2. The molecule has 2 amide bonds. The maximum Gasteiger partial charge on any atom is 0.264 e. The molecule has 40 heavy (non-hydrogen) atoms. The van der Waals surface area contributed by atoms with Crippen LogP contribution in [0.5, 0.6) is 5.75 Å². The second-order valence-corrected chi connectivity index (χ2v) is 12.8. The fraction of sp³-hybridized carbons (Fsp3) is 0.310. The Morgan fingerprint density at radius 2 is 1.65 bits per heavy atom. The summed E-state index contributed by atoms with van der Waals surface area (Å²) in [6.07, 6.45) is 0. The van der Waals surface area contributed by atoms with Gasteiger partial charge in [-0.3, -0.25) is 13.9 Å². The first kappa shape index (κ1) is 31.4. The van der Waals surface area contributed by atoms with E-state index in [1.807, 2.05) is 38.1 Å². The molecule has 1 unspecified atom stereocenters. The molecule has 11 heteroatoms. The number of carbonyl (C=O) groups excluding carboxylic acids is 2. The summed E-state index contributed by atoms with van der Waals surface area (Å²) < 4.78 is 34.8. The van der Waals surface area contributed by atoms with Gasteiger partial charge in [0.05, 0.1) is 17.7 Å². The van der Waals surface area contributed by atoms with Gasteiger partial charge in [-0.1, -0.05) is 59.6 Å². The molecule has 8 nitrogen and oxygen atoms in total. The van der Waals surface area contributed by atoms with Gasteiger partial charge in [-0.05, 0) is 73.0 Å². The van der Waals surface area contributed by atoms with Gasteiger partial charge in [0.25, 0.3) is 10.0 Å². The lowest BCUT2D eigenvalue weighted by atomic mass is 10.1. The van der Waals surface area contributed by atoms with Gasteiger partial charge in [0.15, 0.2) is 0 Å². The van der Waals surface area contributed by atoms with E-state index in [2.05, 4.69) is 21.2 Å². The molecule has 1 atom stereocenters.